The fourth-order valence-corrected chi connectivity index (χ4v) is 3.22. The maximum atomic E-state index is 12.5. The molecular formula is C18H26O2. The SMILES string of the molecule is CCc1ccc(CC(=O)C(OC)C2CCCCC2)cc1. The minimum Gasteiger partial charge on any atom is -0.373 e. The van der Waals surface area contributed by atoms with E-state index in [9.17, 15) is 4.79 Å². The van der Waals surface area contributed by atoms with E-state index < -0.39 is 0 Å². The zero-order valence-corrected chi connectivity index (χ0v) is 12.7. The van der Waals surface area contributed by atoms with Gasteiger partial charge in [-0.2, -0.15) is 0 Å². The number of Topliss-reactive ketones (excluding diaryl/α,β-unsaturated/α-hetero) is 1. The van der Waals surface area contributed by atoms with Crippen molar-refractivity contribution in [1.82, 2.24) is 0 Å². The van der Waals surface area contributed by atoms with E-state index in [2.05, 4.69) is 31.2 Å². The predicted octanol–water partition coefficient (Wildman–Crippen LogP) is 3.96. The zero-order chi connectivity index (χ0) is 14.4. The van der Waals surface area contributed by atoms with E-state index in [1.165, 1.54) is 24.8 Å². The van der Waals surface area contributed by atoms with Gasteiger partial charge in [-0.25, -0.2) is 0 Å². The molecule has 0 radical (unpaired) electrons. The predicted molar refractivity (Wildman–Crippen MR) is 81.9 cm³/mol. The summed E-state index contributed by atoms with van der Waals surface area (Å²) in [5.74, 6) is 0.666. The van der Waals surface area contributed by atoms with Gasteiger partial charge in [0.05, 0.1) is 0 Å². The second-order valence-corrected chi connectivity index (χ2v) is 5.87. The Morgan fingerprint density at radius 2 is 1.75 bits per heavy atom. The highest BCUT2D eigenvalue weighted by atomic mass is 16.5. The molecule has 0 bridgehead atoms. The molecule has 1 atom stereocenters. The van der Waals surface area contributed by atoms with Gasteiger partial charge in [-0.1, -0.05) is 50.5 Å². The van der Waals surface area contributed by atoms with E-state index in [0.29, 0.717) is 12.3 Å². The number of hydrogen-bond donors (Lipinski definition) is 0. The number of hydrogen-bond acceptors (Lipinski definition) is 2. The first-order chi connectivity index (χ1) is 9.74. The Morgan fingerprint density at radius 3 is 2.30 bits per heavy atom. The van der Waals surface area contributed by atoms with Gasteiger partial charge in [0, 0.05) is 13.5 Å². The van der Waals surface area contributed by atoms with E-state index in [-0.39, 0.29) is 11.9 Å². The minimum absolute atomic E-state index is 0.207. The number of benzene rings is 1. The second kappa shape index (κ2) is 7.58. The third-order valence-corrected chi connectivity index (χ3v) is 4.46. The van der Waals surface area contributed by atoms with Gasteiger partial charge in [0.1, 0.15) is 6.10 Å². The molecule has 20 heavy (non-hydrogen) atoms. The number of ketones is 1. The summed E-state index contributed by atoms with van der Waals surface area (Å²) in [6.07, 6.45) is 7.39. The van der Waals surface area contributed by atoms with Crippen LogP contribution >= 0.6 is 0 Å². The molecule has 2 rings (SSSR count). The Labute approximate surface area is 122 Å². The Bertz CT molecular complexity index is 416. The largest absolute Gasteiger partial charge is 0.373 e. The zero-order valence-electron chi connectivity index (χ0n) is 12.7. The van der Waals surface area contributed by atoms with Crippen LogP contribution in [0.15, 0.2) is 24.3 Å². The Morgan fingerprint density at radius 1 is 1.15 bits per heavy atom. The Balaban J connectivity index is 1.97. The van der Waals surface area contributed by atoms with E-state index in [4.69, 9.17) is 4.74 Å². The monoisotopic (exact) mass is 274 g/mol. The summed E-state index contributed by atoms with van der Waals surface area (Å²) in [7, 11) is 1.68. The molecule has 1 fully saturated rings. The molecule has 0 heterocycles. The van der Waals surface area contributed by atoms with Crippen LogP contribution in [0.1, 0.15) is 50.2 Å². The van der Waals surface area contributed by atoms with Crippen LogP contribution in [0, 0.1) is 5.92 Å². The van der Waals surface area contributed by atoms with Crippen LogP contribution in [-0.4, -0.2) is 19.0 Å². The molecule has 0 spiro atoms. The summed E-state index contributed by atoms with van der Waals surface area (Å²) in [6, 6.07) is 8.38. The second-order valence-electron chi connectivity index (χ2n) is 5.87. The number of methoxy groups -OCH3 is 1. The summed E-state index contributed by atoms with van der Waals surface area (Å²) < 4.78 is 5.52. The van der Waals surface area contributed by atoms with Gasteiger partial charge in [-0.05, 0) is 36.3 Å². The topological polar surface area (TPSA) is 26.3 Å². The maximum absolute atomic E-state index is 12.5. The molecule has 0 aromatic heterocycles. The van der Waals surface area contributed by atoms with Crippen LogP contribution in [-0.2, 0) is 22.4 Å². The summed E-state index contributed by atoms with van der Waals surface area (Å²) in [4.78, 5) is 12.5. The van der Waals surface area contributed by atoms with Crippen molar-refractivity contribution in [1.29, 1.82) is 0 Å². The highest BCUT2D eigenvalue weighted by Crippen LogP contribution is 2.28. The maximum Gasteiger partial charge on any atom is 0.166 e. The first-order valence-corrected chi connectivity index (χ1v) is 7.88. The molecule has 1 aliphatic rings. The normalized spacial score (nSPS) is 17.9. The van der Waals surface area contributed by atoms with Crippen molar-refractivity contribution in [3.8, 4) is 0 Å². The van der Waals surface area contributed by atoms with Crippen molar-refractivity contribution in [2.75, 3.05) is 7.11 Å². The van der Waals surface area contributed by atoms with Crippen LogP contribution in [0.2, 0.25) is 0 Å². The highest BCUT2D eigenvalue weighted by Gasteiger charge is 2.29. The third kappa shape index (κ3) is 3.92. The van der Waals surface area contributed by atoms with Gasteiger partial charge >= 0.3 is 0 Å². The van der Waals surface area contributed by atoms with Gasteiger partial charge < -0.3 is 4.74 Å². The lowest BCUT2D eigenvalue weighted by molar-refractivity contribution is -0.132. The van der Waals surface area contributed by atoms with Crippen molar-refractivity contribution in [2.24, 2.45) is 5.92 Å². The van der Waals surface area contributed by atoms with E-state index in [0.717, 1.165) is 24.8 Å². The quantitative estimate of drug-likeness (QED) is 0.785. The van der Waals surface area contributed by atoms with Crippen molar-refractivity contribution < 1.29 is 9.53 Å². The van der Waals surface area contributed by atoms with Crippen molar-refractivity contribution in [3.05, 3.63) is 35.4 Å². The molecule has 1 aromatic rings. The van der Waals surface area contributed by atoms with Gasteiger partial charge in [-0.3, -0.25) is 4.79 Å². The average Bonchev–Trinajstić information content (AvgIpc) is 2.50. The van der Waals surface area contributed by atoms with Crippen LogP contribution in [0.4, 0.5) is 0 Å². The molecule has 2 nitrogen and oxygen atoms in total. The molecule has 0 N–H and O–H groups in total. The molecule has 0 aliphatic heterocycles. The van der Waals surface area contributed by atoms with Crippen LogP contribution in [0.3, 0.4) is 0 Å². The number of carbonyl (C=O) groups is 1. The summed E-state index contributed by atoms with van der Waals surface area (Å²) in [5, 5.41) is 0. The van der Waals surface area contributed by atoms with E-state index in [1.807, 2.05) is 0 Å². The lowest BCUT2D eigenvalue weighted by Gasteiger charge is -2.28. The van der Waals surface area contributed by atoms with Crippen molar-refractivity contribution in [2.45, 2.75) is 58.0 Å². The number of carbonyl (C=O) groups excluding carboxylic acids is 1. The first-order valence-electron chi connectivity index (χ1n) is 7.88. The van der Waals surface area contributed by atoms with Crippen molar-refractivity contribution >= 4 is 5.78 Å². The molecule has 1 aliphatic carbocycles. The van der Waals surface area contributed by atoms with Crippen LogP contribution < -0.4 is 0 Å². The van der Waals surface area contributed by atoms with E-state index in [1.54, 1.807) is 7.11 Å². The molecule has 1 aromatic carbocycles. The summed E-state index contributed by atoms with van der Waals surface area (Å²) in [6.45, 7) is 2.14. The molecule has 1 saturated carbocycles. The van der Waals surface area contributed by atoms with Gasteiger partial charge in [0.2, 0.25) is 0 Å². The Hall–Kier alpha value is -1.15. The number of rotatable bonds is 6. The third-order valence-electron chi connectivity index (χ3n) is 4.46. The lowest BCUT2D eigenvalue weighted by atomic mass is 9.82. The molecular weight excluding hydrogens is 248 g/mol. The minimum atomic E-state index is -0.207. The Kier molecular flexibility index (Phi) is 5.78. The van der Waals surface area contributed by atoms with Gasteiger partial charge in [0.15, 0.2) is 5.78 Å². The first kappa shape index (κ1) is 15.2. The van der Waals surface area contributed by atoms with Crippen LogP contribution in [0.5, 0.6) is 0 Å². The average molecular weight is 274 g/mol. The highest BCUT2D eigenvalue weighted by molar-refractivity contribution is 5.85. The van der Waals surface area contributed by atoms with E-state index >= 15 is 0 Å². The fraction of sp³-hybridized carbons (Fsp3) is 0.611. The smallest absolute Gasteiger partial charge is 0.166 e. The molecule has 110 valence electrons. The standard InChI is InChI=1S/C18H26O2/c1-3-14-9-11-15(12-10-14)13-17(19)18(20-2)16-7-5-4-6-8-16/h9-12,16,18H,3-8,13H2,1-2H3. The van der Waals surface area contributed by atoms with Crippen molar-refractivity contribution in [3.63, 3.8) is 0 Å². The summed E-state index contributed by atoms with van der Waals surface area (Å²) in [5.41, 5.74) is 2.42. The molecule has 1 unspecified atom stereocenters. The number of ether oxygens (including phenoxy) is 1. The molecule has 0 saturated heterocycles. The number of aryl methyl sites for hydroxylation is 1. The fourth-order valence-electron chi connectivity index (χ4n) is 3.22. The lowest BCUT2D eigenvalue weighted by Crippen LogP contribution is -2.34. The summed E-state index contributed by atoms with van der Waals surface area (Å²) >= 11 is 0. The molecule has 2 heteroatoms. The molecule has 0 amide bonds. The van der Waals surface area contributed by atoms with Crippen LogP contribution in [0.25, 0.3) is 0 Å². The van der Waals surface area contributed by atoms with Gasteiger partial charge in [0.25, 0.3) is 0 Å². The van der Waals surface area contributed by atoms with Gasteiger partial charge in [-0.15, -0.1) is 0 Å².